The molecular formula is C18H22N4O3. The first kappa shape index (κ1) is 18.4. The number of hydrogen-bond acceptors (Lipinski definition) is 4. The van der Waals surface area contributed by atoms with E-state index in [-0.39, 0.29) is 23.8 Å². The minimum absolute atomic E-state index is 0.0160. The van der Waals surface area contributed by atoms with Crippen LogP contribution < -0.4 is 5.32 Å². The Morgan fingerprint density at radius 3 is 2.64 bits per heavy atom. The molecule has 2 amide bonds. The van der Waals surface area contributed by atoms with Gasteiger partial charge in [0.05, 0.1) is 17.0 Å². The van der Waals surface area contributed by atoms with E-state index in [0.717, 1.165) is 5.56 Å². The number of aromatic nitrogens is 1. The maximum absolute atomic E-state index is 12.6. The van der Waals surface area contributed by atoms with Crippen LogP contribution in [0, 0.1) is 10.1 Å². The monoisotopic (exact) mass is 342 g/mol. The molecule has 7 heteroatoms. The number of nitrogens with zero attached hydrogens (tertiary/aromatic N) is 3. The van der Waals surface area contributed by atoms with Crippen LogP contribution in [0.25, 0.3) is 0 Å². The highest BCUT2D eigenvalue weighted by Gasteiger charge is 2.21. The number of nitro benzene ring substituents is 1. The first-order valence-corrected chi connectivity index (χ1v) is 8.11. The van der Waals surface area contributed by atoms with Crippen molar-refractivity contribution in [2.45, 2.75) is 32.4 Å². The first-order chi connectivity index (χ1) is 11.9. The van der Waals surface area contributed by atoms with Gasteiger partial charge in [0, 0.05) is 31.6 Å². The zero-order valence-corrected chi connectivity index (χ0v) is 14.5. The Labute approximate surface area is 146 Å². The molecule has 0 fully saturated rings. The van der Waals surface area contributed by atoms with E-state index in [1.54, 1.807) is 36.5 Å². The summed E-state index contributed by atoms with van der Waals surface area (Å²) < 4.78 is 0. The van der Waals surface area contributed by atoms with Gasteiger partial charge in [0.1, 0.15) is 0 Å². The van der Waals surface area contributed by atoms with Crippen LogP contribution in [-0.4, -0.2) is 27.9 Å². The SMILES string of the molecule is CC[C@H](NC(=O)N(C)[C@@H](C)c1cccnc1)c1cccc([N+](=O)[O-])c1. The molecule has 7 nitrogen and oxygen atoms in total. The van der Waals surface area contributed by atoms with Crippen molar-refractivity contribution in [1.82, 2.24) is 15.2 Å². The molecule has 0 aliphatic heterocycles. The first-order valence-electron chi connectivity index (χ1n) is 8.11. The lowest BCUT2D eigenvalue weighted by Crippen LogP contribution is -2.40. The van der Waals surface area contributed by atoms with Crippen molar-refractivity contribution in [1.29, 1.82) is 0 Å². The van der Waals surface area contributed by atoms with Crippen LogP contribution in [0.2, 0.25) is 0 Å². The molecule has 2 rings (SSSR count). The highest BCUT2D eigenvalue weighted by molar-refractivity contribution is 5.75. The fraction of sp³-hybridized carbons (Fsp3) is 0.333. The van der Waals surface area contributed by atoms with Gasteiger partial charge in [-0.1, -0.05) is 25.1 Å². The number of hydrogen-bond donors (Lipinski definition) is 1. The van der Waals surface area contributed by atoms with Gasteiger partial charge in [-0.25, -0.2) is 4.79 Å². The molecule has 1 N–H and O–H groups in total. The highest BCUT2D eigenvalue weighted by atomic mass is 16.6. The largest absolute Gasteiger partial charge is 0.331 e. The van der Waals surface area contributed by atoms with E-state index in [9.17, 15) is 14.9 Å². The average Bonchev–Trinajstić information content (AvgIpc) is 2.65. The van der Waals surface area contributed by atoms with Crippen LogP contribution >= 0.6 is 0 Å². The summed E-state index contributed by atoms with van der Waals surface area (Å²) in [6.45, 7) is 3.85. The Balaban J connectivity index is 2.11. The van der Waals surface area contributed by atoms with E-state index in [2.05, 4.69) is 10.3 Å². The third-order valence-corrected chi connectivity index (χ3v) is 4.26. The lowest BCUT2D eigenvalue weighted by Gasteiger charge is -2.28. The third kappa shape index (κ3) is 4.53. The van der Waals surface area contributed by atoms with Crippen LogP contribution in [0.3, 0.4) is 0 Å². The molecule has 0 aliphatic rings. The van der Waals surface area contributed by atoms with Gasteiger partial charge >= 0.3 is 6.03 Å². The van der Waals surface area contributed by atoms with Crippen molar-refractivity contribution in [2.75, 3.05) is 7.05 Å². The van der Waals surface area contributed by atoms with Crippen molar-refractivity contribution in [3.8, 4) is 0 Å². The molecule has 0 radical (unpaired) electrons. The van der Waals surface area contributed by atoms with Gasteiger partial charge in [-0.2, -0.15) is 0 Å². The van der Waals surface area contributed by atoms with Crippen LogP contribution in [0.1, 0.15) is 43.5 Å². The van der Waals surface area contributed by atoms with Crippen LogP contribution in [0.5, 0.6) is 0 Å². The maximum Gasteiger partial charge on any atom is 0.318 e. The fourth-order valence-electron chi connectivity index (χ4n) is 2.55. The molecule has 0 saturated heterocycles. The number of urea groups is 1. The number of amides is 2. The molecule has 0 bridgehead atoms. The summed E-state index contributed by atoms with van der Waals surface area (Å²) in [4.78, 5) is 28.8. The number of benzene rings is 1. The van der Waals surface area contributed by atoms with Gasteiger partial charge in [-0.15, -0.1) is 0 Å². The van der Waals surface area contributed by atoms with Crippen molar-refractivity contribution in [3.63, 3.8) is 0 Å². The van der Waals surface area contributed by atoms with Crippen molar-refractivity contribution in [3.05, 3.63) is 70.0 Å². The second-order valence-electron chi connectivity index (χ2n) is 5.84. The Hall–Kier alpha value is -2.96. The van der Waals surface area contributed by atoms with Gasteiger partial charge in [0.15, 0.2) is 0 Å². The van der Waals surface area contributed by atoms with Crippen LogP contribution in [0.15, 0.2) is 48.8 Å². The number of pyridine rings is 1. The van der Waals surface area contributed by atoms with E-state index in [0.29, 0.717) is 12.0 Å². The van der Waals surface area contributed by atoms with Gasteiger partial charge in [-0.3, -0.25) is 15.1 Å². The molecule has 1 heterocycles. The molecule has 0 aliphatic carbocycles. The van der Waals surface area contributed by atoms with E-state index >= 15 is 0 Å². The van der Waals surface area contributed by atoms with Crippen molar-refractivity contribution < 1.29 is 9.72 Å². The minimum Gasteiger partial charge on any atom is -0.331 e. The lowest BCUT2D eigenvalue weighted by atomic mass is 10.0. The number of nitrogens with one attached hydrogen (secondary N) is 1. The summed E-state index contributed by atoms with van der Waals surface area (Å²) in [5, 5.41) is 13.9. The zero-order chi connectivity index (χ0) is 18.4. The molecule has 1 aromatic carbocycles. The predicted octanol–water partition coefficient (Wildman–Crippen LogP) is 3.84. The van der Waals surface area contributed by atoms with E-state index in [1.807, 2.05) is 26.0 Å². The molecular weight excluding hydrogens is 320 g/mol. The van der Waals surface area contributed by atoms with Gasteiger partial charge in [-0.05, 0) is 30.5 Å². The van der Waals surface area contributed by atoms with E-state index in [1.165, 1.54) is 12.1 Å². The second kappa shape index (κ2) is 8.23. The molecule has 132 valence electrons. The van der Waals surface area contributed by atoms with E-state index in [4.69, 9.17) is 0 Å². The average molecular weight is 342 g/mol. The fourth-order valence-corrected chi connectivity index (χ4v) is 2.55. The third-order valence-electron chi connectivity index (χ3n) is 4.26. The van der Waals surface area contributed by atoms with E-state index < -0.39 is 4.92 Å². The highest BCUT2D eigenvalue weighted by Crippen LogP contribution is 2.23. The predicted molar refractivity (Wildman–Crippen MR) is 95.1 cm³/mol. The number of nitro groups is 1. The Kier molecular flexibility index (Phi) is 6.05. The summed E-state index contributed by atoms with van der Waals surface area (Å²) in [7, 11) is 1.72. The Morgan fingerprint density at radius 1 is 1.32 bits per heavy atom. The summed E-state index contributed by atoms with van der Waals surface area (Å²) in [6, 6.07) is 9.42. The number of carbonyl (C=O) groups excluding carboxylic acids is 1. The molecule has 1 aromatic heterocycles. The molecule has 2 aromatic rings. The molecule has 0 unspecified atom stereocenters. The van der Waals surface area contributed by atoms with Crippen molar-refractivity contribution in [2.24, 2.45) is 0 Å². The molecule has 25 heavy (non-hydrogen) atoms. The Bertz CT molecular complexity index is 736. The maximum atomic E-state index is 12.6. The number of non-ortho nitro benzene ring substituents is 1. The molecule has 2 atom stereocenters. The van der Waals surface area contributed by atoms with Gasteiger partial charge in [0.25, 0.3) is 5.69 Å². The van der Waals surface area contributed by atoms with Gasteiger partial charge < -0.3 is 10.2 Å². The quantitative estimate of drug-likeness (QED) is 0.638. The summed E-state index contributed by atoms with van der Waals surface area (Å²) in [5.74, 6) is 0. The zero-order valence-electron chi connectivity index (χ0n) is 14.5. The topological polar surface area (TPSA) is 88.4 Å². The Morgan fingerprint density at radius 2 is 2.04 bits per heavy atom. The minimum atomic E-state index is -0.436. The smallest absolute Gasteiger partial charge is 0.318 e. The summed E-state index contributed by atoms with van der Waals surface area (Å²) in [6.07, 6.45) is 4.04. The number of carbonyl (C=O) groups is 1. The molecule has 0 spiro atoms. The van der Waals surface area contributed by atoms with Gasteiger partial charge in [0.2, 0.25) is 0 Å². The number of rotatable bonds is 6. The lowest BCUT2D eigenvalue weighted by molar-refractivity contribution is -0.384. The van der Waals surface area contributed by atoms with Crippen molar-refractivity contribution >= 4 is 11.7 Å². The van der Waals surface area contributed by atoms with Crippen LogP contribution in [-0.2, 0) is 0 Å². The van der Waals surface area contributed by atoms with Crippen LogP contribution in [0.4, 0.5) is 10.5 Å². The summed E-state index contributed by atoms with van der Waals surface area (Å²) in [5.41, 5.74) is 1.67. The normalized spacial score (nSPS) is 12.9. The molecule has 0 saturated carbocycles. The standard InChI is InChI=1S/C18H22N4O3/c1-4-17(14-7-5-9-16(11-14)22(24)25)20-18(23)21(3)13(2)15-8-6-10-19-12-15/h5-13,17H,4H2,1-3H3,(H,20,23)/t13-,17-/m0/s1. The second-order valence-corrected chi connectivity index (χ2v) is 5.84. The summed E-state index contributed by atoms with van der Waals surface area (Å²) >= 11 is 0.